The minimum atomic E-state index is -1.70. The van der Waals surface area contributed by atoms with Crippen molar-refractivity contribution in [1.29, 1.82) is 0 Å². The van der Waals surface area contributed by atoms with Crippen molar-refractivity contribution in [3.8, 4) is 33.8 Å². The third-order valence-electron chi connectivity index (χ3n) is 5.08. The van der Waals surface area contributed by atoms with Gasteiger partial charge in [0.2, 0.25) is 0 Å². The number of esters is 2. The highest BCUT2D eigenvalue weighted by Gasteiger charge is 2.18. The molecule has 0 spiro atoms. The number of carbonyl (C=O) groups excluding carboxylic acids is 2. The Hall–Kier alpha value is -4.60. The van der Waals surface area contributed by atoms with E-state index in [2.05, 4.69) is 0 Å². The molecule has 0 heterocycles. The second kappa shape index (κ2) is 10.6. The number of carbonyl (C=O) groups is 2. The lowest BCUT2D eigenvalue weighted by atomic mass is 10.0. The van der Waals surface area contributed by atoms with E-state index in [1.807, 2.05) is 0 Å². The molecule has 0 bridgehead atoms. The average Bonchev–Trinajstić information content (AvgIpc) is 2.83. The third-order valence-corrected chi connectivity index (χ3v) is 5.08. The Labute approximate surface area is 205 Å². The maximum absolute atomic E-state index is 14.4. The Balaban J connectivity index is 1.38. The van der Waals surface area contributed by atoms with Crippen LogP contribution in [0.15, 0.2) is 72.8 Å². The SMILES string of the molecule is O=C(CC(=O)Oc1ccc(-c2cc(F)c(F)c(F)c2)c(F)c1)Oc1ccc(-c2ccc(F)cc2)c(F)c1. The molecule has 0 N–H and O–H groups in total. The van der Waals surface area contributed by atoms with Crippen molar-refractivity contribution in [2.45, 2.75) is 6.42 Å². The van der Waals surface area contributed by atoms with Crippen molar-refractivity contribution < 1.29 is 45.4 Å². The van der Waals surface area contributed by atoms with Crippen LogP contribution in [0.2, 0.25) is 0 Å². The van der Waals surface area contributed by atoms with Crippen molar-refractivity contribution in [2.24, 2.45) is 0 Å². The molecule has 0 aromatic heterocycles. The molecule has 0 saturated carbocycles. The molecule has 4 aromatic rings. The van der Waals surface area contributed by atoms with Crippen molar-refractivity contribution in [3.05, 3.63) is 108 Å². The van der Waals surface area contributed by atoms with Gasteiger partial charge in [0.25, 0.3) is 0 Å². The Morgan fingerprint density at radius 2 is 1.00 bits per heavy atom. The minimum absolute atomic E-state index is 0.135. The summed E-state index contributed by atoms with van der Waals surface area (Å²) in [6.07, 6.45) is -0.904. The number of hydrogen-bond acceptors (Lipinski definition) is 4. The summed E-state index contributed by atoms with van der Waals surface area (Å²) in [7, 11) is 0. The molecular formula is C27H14F6O4. The first kappa shape index (κ1) is 25.5. The molecule has 0 amide bonds. The van der Waals surface area contributed by atoms with Gasteiger partial charge in [0.1, 0.15) is 35.4 Å². The number of ether oxygens (including phenoxy) is 2. The van der Waals surface area contributed by atoms with Crippen LogP contribution < -0.4 is 9.47 Å². The molecule has 10 heteroatoms. The zero-order valence-corrected chi connectivity index (χ0v) is 18.5. The maximum atomic E-state index is 14.4. The summed E-state index contributed by atoms with van der Waals surface area (Å²) in [4.78, 5) is 24.1. The van der Waals surface area contributed by atoms with Gasteiger partial charge >= 0.3 is 11.9 Å². The van der Waals surface area contributed by atoms with Gasteiger partial charge in [-0.2, -0.15) is 0 Å². The number of rotatable bonds is 6. The molecule has 0 saturated heterocycles. The monoisotopic (exact) mass is 516 g/mol. The summed E-state index contributed by atoms with van der Waals surface area (Å²) in [5, 5.41) is 0. The highest BCUT2D eigenvalue weighted by Crippen LogP contribution is 2.29. The highest BCUT2D eigenvalue weighted by atomic mass is 19.2. The molecule has 0 aliphatic carbocycles. The summed E-state index contributed by atoms with van der Waals surface area (Å²) >= 11 is 0. The van der Waals surface area contributed by atoms with E-state index in [1.54, 1.807) is 0 Å². The molecule has 0 unspecified atom stereocenters. The molecule has 4 nitrogen and oxygen atoms in total. The van der Waals surface area contributed by atoms with E-state index in [4.69, 9.17) is 9.47 Å². The number of benzene rings is 4. The fourth-order valence-electron chi connectivity index (χ4n) is 3.38. The van der Waals surface area contributed by atoms with Crippen LogP contribution in [-0.2, 0) is 9.59 Å². The van der Waals surface area contributed by atoms with Crippen molar-refractivity contribution >= 4 is 11.9 Å². The standard InChI is InChI=1S/C27H14F6O4/c28-16-3-1-14(2-4-16)19-7-5-17(11-21(19)29)36-25(34)13-26(35)37-18-6-8-20(22(30)12-18)15-9-23(31)27(33)24(32)10-15/h1-12H,13H2. The zero-order valence-electron chi connectivity index (χ0n) is 18.5. The quantitative estimate of drug-likeness (QED) is 0.0935. The fourth-order valence-corrected chi connectivity index (χ4v) is 3.38. The smallest absolute Gasteiger partial charge is 0.322 e. The number of hydrogen-bond donors (Lipinski definition) is 0. The Kier molecular flexibility index (Phi) is 7.28. The predicted octanol–water partition coefficient (Wildman–Crippen LogP) is 6.76. The lowest BCUT2D eigenvalue weighted by molar-refractivity contribution is -0.144. The van der Waals surface area contributed by atoms with Crippen LogP contribution >= 0.6 is 0 Å². The molecule has 188 valence electrons. The van der Waals surface area contributed by atoms with E-state index in [9.17, 15) is 35.9 Å². The maximum Gasteiger partial charge on any atom is 0.322 e. The Morgan fingerprint density at radius 1 is 0.541 bits per heavy atom. The van der Waals surface area contributed by atoms with Gasteiger partial charge in [0.05, 0.1) is 0 Å². The summed E-state index contributed by atoms with van der Waals surface area (Å²) < 4.78 is 91.7. The average molecular weight is 516 g/mol. The van der Waals surface area contributed by atoms with Gasteiger partial charge in [0.15, 0.2) is 17.5 Å². The molecular weight excluding hydrogens is 502 g/mol. The second-order valence-electron chi connectivity index (χ2n) is 7.67. The van der Waals surface area contributed by atoms with Crippen LogP contribution in [0.5, 0.6) is 11.5 Å². The Morgan fingerprint density at radius 3 is 1.46 bits per heavy atom. The van der Waals surface area contributed by atoms with Crippen LogP contribution in [0.3, 0.4) is 0 Å². The summed E-state index contributed by atoms with van der Waals surface area (Å²) in [5.74, 6) is -9.72. The van der Waals surface area contributed by atoms with Gasteiger partial charge in [-0.1, -0.05) is 12.1 Å². The van der Waals surface area contributed by atoms with Crippen molar-refractivity contribution in [3.63, 3.8) is 0 Å². The Bertz CT molecular complexity index is 1480. The van der Waals surface area contributed by atoms with Gasteiger partial charge < -0.3 is 9.47 Å². The highest BCUT2D eigenvalue weighted by molar-refractivity contribution is 5.93. The molecule has 4 rings (SSSR count). The van der Waals surface area contributed by atoms with Gasteiger partial charge in [-0.15, -0.1) is 0 Å². The van der Waals surface area contributed by atoms with Gasteiger partial charge in [0, 0.05) is 23.3 Å². The topological polar surface area (TPSA) is 52.6 Å². The first-order valence-electron chi connectivity index (χ1n) is 10.5. The fraction of sp³-hybridized carbons (Fsp3) is 0.0370. The molecule has 0 radical (unpaired) electrons. The van der Waals surface area contributed by atoms with E-state index in [1.165, 1.54) is 24.3 Å². The lowest BCUT2D eigenvalue weighted by Crippen LogP contribution is -2.18. The minimum Gasteiger partial charge on any atom is -0.426 e. The normalized spacial score (nSPS) is 10.8. The van der Waals surface area contributed by atoms with Gasteiger partial charge in [-0.3, -0.25) is 9.59 Å². The molecule has 0 fully saturated rings. The summed E-state index contributed by atoms with van der Waals surface area (Å²) in [5.41, 5.74) is -0.0414. The third kappa shape index (κ3) is 5.97. The van der Waals surface area contributed by atoms with Crippen molar-refractivity contribution in [1.82, 2.24) is 0 Å². The second-order valence-corrected chi connectivity index (χ2v) is 7.67. The molecule has 4 aromatic carbocycles. The van der Waals surface area contributed by atoms with E-state index in [-0.39, 0.29) is 28.2 Å². The lowest BCUT2D eigenvalue weighted by Gasteiger charge is -2.09. The van der Waals surface area contributed by atoms with Crippen LogP contribution in [0, 0.1) is 34.9 Å². The van der Waals surface area contributed by atoms with E-state index >= 15 is 0 Å². The first-order chi connectivity index (χ1) is 17.6. The summed E-state index contributed by atoms with van der Waals surface area (Å²) in [6, 6.07) is 12.7. The van der Waals surface area contributed by atoms with Crippen LogP contribution in [0.25, 0.3) is 22.3 Å². The van der Waals surface area contributed by atoms with Crippen LogP contribution in [0.4, 0.5) is 26.3 Å². The first-order valence-corrected chi connectivity index (χ1v) is 10.5. The zero-order chi connectivity index (χ0) is 26.7. The summed E-state index contributed by atoms with van der Waals surface area (Å²) in [6.45, 7) is 0. The van der Waals surface area contributed by atoms with Gasteiger partial charge in [-0.05, 0) is 59.7 Å². The van der Waals surface area contributed by atoms with Gasteiger partial charge in [-0.25, -0.2) is 26.3 Å². The predicted molar refractivity (Wildman–Crippen MR) is 119 cm³/mol. The van der Waals surface area contributed by atoms with E-state index in [0.29, 0.717) is 17.7 Å². The van der Waals surface area contributed by atoms with Crippen LogP contribution in [0.1, 0.15) is 6.42 Å². The molecule has 0 aliphatic heterocycles. The molecule has 0 aliphatic rings. The molecule has 37 heavy (non-hydrogen) atoms. The molecule has 0 atom stereocenters. The van der Waals surface area contributed by atoms with Crippen molar-refractivity contribution in [2.75, 3.05) is 0 Å². The van der Waals surface area contributed by atoms with E-state index < -0.39 is 53.3 Å². The van der Waals surface area contributed by atoms with Crippen LogP contribution in [-0.4, -0.2) is 11.9 Å². The van der Waals surface area contributed by atoms with E-state index in [0.717, 1.165) is 36.4 Å². The largest absolute Gasteiger partial charge is 0.426 e. The number of halogens is 6.